The lowest BCUT2D eigenvalue weighted by Gasteiger charge is -2.40. The van der Waals surface area contributed by atoms with Gasteiger partial charge in [0.15, 0.2) is 11.8 Å². The minimum atomic E-state index is 0. The van der Waals surface area contributed by atoms with Crippen LogP contribution in [0.2, 0.25) is 0 Å². The average molecular weight is 496 g/mol. The molecular weight excluding hydrogens is 463 g/mol. The summed E-state index contributed by atoms with van der Waals surface area (Å²) >= 11 is 0. The maximum absolute atomic E-state index is 4.86. The quantitative estimate of drug-likeness (QED) is 0.390. The highest BCUT2D eigenvalue weighted by atomic mass is 127. The number of nitrogens with one attached hydrogen (secondary N) is 1. The Morgan fingerprint density at radius 3 is 2.57 bits per heavy atom. The number of hydrogen-bond donors (Lipinski definition) is 1. The smallest absolute Gasteiger partial charge is 0.194 e. The SMILES string of the molecule is CCNC(=NCc1nnc(C)n1C)N1CCC(c2ccccc2)C(CC)C1.I. The lowest BCUT2D eigenvalue weighted by atomic mass is 9.79. The number of aromatic nitrogens is 3. The molecule has 0 bridgehead atoms. The van der Waals surface area contributed by atoms with E-state index >= 15 is 0 Å². The summed E-state index contributed by atoms with van der Waals surface area (Å²) in [4.78, 5) is 7.27. The van der Waals surface area contributed by atoms with Gasteiger partial charge in [0.25, 0.3) is 0 Å². The maximum atomic E-state index is 4.86. The van der Waals surface area contributed by atoms with Crippen molar-refractivity contribution in [3.63, 3.8) is 0 Å². The minimum Gasteiger partial charge on any atom is -0.357 e. The van der Waals surface area contributed by atoms with Crippen LogP contribution in [0.4, 0.5) is 0 Å². The van der Waals surface area contributed by atoms with E-state index < -0.39 is 0 Å². The number of halogens is 1. The average Bonchev–Trinajstić information content (AvgIpc) is 3.03. The molecule has 3 rings (SSSR count). The Hall–Kier alpha value is -1.64. The van der Waals surface area contributed by atoms with Crippen molar-refractivity contribution in [2.24, 2.45) is 18.0 Å². The molecule has 0 spiro atoms. The molecule has 6 nitrogen and oxygen atoms in total. The maximum Gasteiger partial charge on any atom is 0.194 e. The number of guanidine groups is 1. The first-order valence-corrected chi connectivity index (χ1v) is 10.1. The third-order valence-corrected chi connectivity index (χ3v) is 5.67. The first kappa shape index (κ1) is 22.6. The van der Waals surface area contributed by atoms with Gasteiger partial charge >= 0.3 is 0 Å². The van der Waals surface area contributed by atoms with Crippen LogP contribution in [0.25, 0.3) is 0 Å². The van der Waals surface area contributed by atoms with E-state index in [1.807, 2.05) is 18.5 Å². The van der Waals surface area contributed by atoms with Crippen molar-refractivity contribution in [3.05, 3.63) is 47.5 Å². The van der Waals surface area contributed by atoms with Gasteiger partial charge in [-0.05, 0) is 37.7 Å². The fourth-order valence-electron chi connectivity index (χ4n) is 3.94. The lowest BCUT2D eigenvalue weighted by molar-refractivity contribution is 0.215. The molecule has 2 heterocycles. The first-order valence-electron chi connectivity index (χ1n) is 10.1. The molecule has 28 heavy (non-hydrogen) atoms. The van der Waals surface area contributed by atoms with E-state index in [-0.39, 0.29) is 24.0 Å². The number of rotatable bonds is 5. The molecule has 2 aromatic rings. The number of likely N-dealkylation sites (tertiary alicyclic amines) is 1. The molecule has 0 aliphatic carbocycles. The van der Waals surface area contributed by atoms with Crippen LogP contribution in [-0.2, 0) is 13.6 Å². The molecule has 1 aromatic heterocycles. The van der Waals surface area contributed by atoms with Gasteiger partial charge in [-0.25, -0.2) is 4.99 Å². The highest BCUT2D eigenvalue weighted by molar-refractivity contribution is 14.0. The van der Waals surface area contributed by atoms with Crippen LogP contribution in [0.3, 0.4) is 0 Å². The van der Waals surface area contributed by atoms with Crippen molar-refractivity contribution in [2.75, 3.05) is 19.6 Å². The second-order valence-electron chi connectivity index (χ2n) is 7.31. The molecule has 2 atom stereocenters. The van der Waals surface area contributed by atoms with Gasteiger partial charge in [-0.3, -0.25) is 0 Å². The topological polar surface area (TPSA) is 58.3 Å². The standard InChI is InChI=1S/C21H32N6.HI/c1-5-17-15-27(13-12-19(17)18-10-8-7-9-11-18)21(22-6-2)23-14-20-25-24-16(3)26(20)4;/h7-11,17,19H,5-6,12-15H2,1-4H3,(H,22,23);1H. The lowest BCUT2D eigenvalue weighted by Crippen LogP contribution is -2.48. The zero-order valence-corrected chi connectivity index (χ0v) is 19.8. The van der Waals surface area contributed by atoms with Gasteiger partial charge in [0.2, 0.25) is 0 Å². The summed E-state index contributed by atoms with van der Waals surface area (Å²) in [5, 5.41) is 11.8. The second-order valence-corrected chi connectivity index (χ2v) is 7.31. The van der Waals surface area contributed by atoms with Gasteiger partial charge in [0.1, 0.15) is 12.4 Å². The molecule has 0 saturated carbocycles. The van der Waals surface area contributed by atoms with Crippen LogP contribution >= 0.6 is 24.0 Å². The van der Waals surface area contributed by atoms with E-state index in [9.17, 15) is 0 Å². The van der Waals surface area contributed by atoms with Gasteiger partial charge in [0, 0.05) is 26.7 Å². The van der Waals surface area contributed by atoms with Crippen LogP contribution < -0.4 is 5.32 Å². The van der Waals surface area contributed by atoms with E-state index in [0.29, 0.717) is 18.4 Å². The van der Waals surface area contributed by atoms with Crippen molar-refractivity contribution >= 4 is 29.9 Å². The predicted octanol–water partition coefficient (Wildman–Crippen LogP) is 3.72. The zero-order chi connectivity index (χ0) is 19.2. The summed E-state index contributed by atoms with van der Waals surface area (Å²) < 4.78 is 2.00. The molecule has 0 radical (unpaired) electrons. The van der Waals surface area contributed by atoms with E-state index in [1.54, 1.807) is 0 Å². The zero-order valence-electron chi connectivity index (χ0n) is 17.4. The molecule has 1 aliphatic rings. The number of benzene rings is 1. The molecule has 1 saturated heterocycles. The summed E-state index contributed by atoms with van der Waals surface area (Å²) in [6.07, 6.45) is 2.34. The van der Waals surface area contributed by atoms with E-state index in [2.05, 4.69) is 64.6 Å². The summed E-state index contributed by atoms with van der Waals surface area (Å²) in [5.74, 6) is 4.08. The Bertz CT molecular complexity index is 758. The second kappa shape index (κ2) is 10.8. The van der Waals surface area contributed by atoms with Crippen LogP contribution in [0, 0.1) is 12.8 Å². The van der Waals surface area contributed by atoms with Crippen LogP contribution in [0.5, 0.6) is 0 Å². The fraction of sp³-hybridized carbons (Fsp3) is 0.571. The number of piperidine rings is 1. The van der Waals surface area contributed by atoms with Gasteiger partial charge in [-0.1, -0.05) is 43.7 Å². The molecule has 7 heteroatoms. The largest absolute Gasteiger partial charge is 0.357 e. The third-order valence-electron chi connectivity index (χ3n) is 5.67. The summed E-state index contributed by atoms with van der Waals surface area (Å²) in [5.41, 5.74) is 1.47. The normalized spacial score (nSPS) is 20.0. The number of aliphatic imine (C=N–C) groups is 1. The molecule has 1 fully saturated rings. The molecule has 0 amide bonds. The summed E-state index contributed by atoms with van der Waals surface area (Å²) in [7, 11) is 1.99. The number of aryl methyl sites for hydroxylation is 1. The number of hydrogen-bond acceptors (Lipinski definition) is 3. The number of nitrogens with zero attached hydrogens (tertiary/aromatic N) is 5. The van der Waals surface area contributed by atoms with E-state index in [1.165, 1.54) is 12.0 Å². The summed E-state index contributed by atoms with van der Waals surface area (Å²) in [6, 6.07) is 11.0. The monoisotopic (exact) mass is 496 g/mol. The third kappa shape index (κ3) is 5.24. The van der Waals surface area contributed by atoms with Gasteiger partial charge < -0.3 is 14.8 Å². The Kier molecular flexibility index (Phi) is 8.72. The van der Waals surface area contributed by atoms with Gasteiger partial charge in [-0.15, -0.1) is 34.2 Å². The molecule has 2 unspecified atom stereocenters. The fourth-order valence-corrected chi connectivity index (χ4v) is 3.94. The highest BCUT2D eigenvalue weighted by Crippen LogP contribution is 2.34. The first-order chi connectivity index (χ1) is 13.1. The Balaban J connectivity index is 0.00000280. The van der Waals surface area contributed by atoms with Crippen LogP contribution in [0.1, 0.15) is 49.8 Å². The van der Waals surface area contributed by atoms with E-state index in [0.717, 1.165) is 43.7 Å². The molecule has 154 valence electrons. The van der Waals surface area contributed by atoms with Crippen molar-refractivity contribution in [2.45, 2.75) is 46.1 Å². The summed E-state index contributed by atoms with van der Waals surface area (Å²) in [6.45, 7) is 9.87. The van der Waals surface area contributed by atoms with Crippen molar-refractivity contribution in [1.82, 2.24) is 25.0 Å². The Morgan fingerprint density at radius 1 is 1.21 bits per heavy atom. The molecule has 1 N–H and O–H groups in total. The van der Waals surface area contributed by atoms with E-state index in [4.69, 9.17) is 4.99 Å². The van der Waals surface area contributed by atoms with Crippen LogP contribution in [0.15, 0.2) is 35.3 Å². The molecular formula is C21H33IN6. The predicted molar refractivity (Wildman–Crippen MR) is 125 cm³/mol. The van der Waals surface area contributed by atoms with Gasteiger partial charge in [-0.2, -0.15) is 0 Å². The Labute approximate surface area is 185 Å². The van der Waals surface area contributed by atoms with Crippen molar-refractivity contribution < 1.29 is 0 Å². The molecule has 1 aliphatic heterocycles. The highest BCUT2D eigenvalue weighted by Gasteiger charge is 2.30. The van der Waals surface area contributed by atoms with Gasteiger partial charge in [0.05, 0.1) is 0 Å². The van der Waals surface area contributed by atoms with Crippen molar-refractivity contribution in [3.8, 4) is 0 Å². The minimum absolute atomic E-state index is 0. The van der Waals surface area contributed by atoms with Crippen LogP contribution in [-0.4, -0.2) is 45.3 Å². The Morgan fingerprint density at radius 2 is 1.96 bits per heavy atom. The van der Waals surface area contributed by atoms with Crippen molar-refractivity contribution in [1.29, 1.82) is 0 Å². The molecule has 1 aromatic carbocycles.